The molecule has 1 amide bonds. The summed E-state index contributed by atoms with van der Waals surface area (Å²) in [5.74, 6) is 1.72. The molecule has 1 saturated heterocycles. The van der Waals surface area contributed by atoms with Gasteiger partial charge in [-0.1, -0.05) is 19.1 Å². The summed E-state index contributed by atoms with van der Waals surface area (Å²) in [5, 5.41) is 3.44. The molecule has 2 aromatic heterocycles. The number of amides is 1. The van der Waals surface area contributed by atoms with E-state index >= 15 is 0 Å². The van der Waals surface area contributed by atoms with Crippen molar-refractivity contribution < 1.29 is 4.79 Å². The van der Waals surface area contributed by atoms with Crippen molar-refractivity contribution in [3.63, 3.8) is 0 Å². The Hall–Kier alpha value is -3.48. The van der Waals surface area contributed by atoms with Crippen LogP contribution in [0, 0.1) is 13.8 Å². The van der Waals surface area contributed by atoms with Crippen LogP contribution in [0.2, 0.25) is 0 Å². The minimum absolute atomic E-state index is 0.0606. The zero-order chi connectivity index (χ0) is 24.3. The minimum Gasteiger partial charge on any atom is -0.379 e. The molecular weight excluding hydrogens is 424 g/mol. The fourth-order valence-electron chi connectivity index (χ4n) is 4.53. The Balaban J connectivity index is 1.53. The molecular formula is C27H34N6O. The van der Waals surface area contributed by atoms with Crippen LogP contribution in [0.15, 0.2) is 48.7 Å². The number of aromatic nitrogens is 3. The maximum atomic E-state index is 13.5. The van der Waals surface area contributed by atoms with E-state index in [1.165, 1.54) is 0 Å². The lowest BCUT2D eigenvalue weighted by molar-refractivity contribution is 0.0647. The molecule has 1 aliphatic heterocycles. The Morgan fingerprint density at radius 2 is 1.97 bits per heavy atom. The lowest BCUT2D eigenvalue weighted by Crippen LogP contribution is -2.47. The summed E-state index contributed by atoms with van der Waals surface area (Å²) in [6.45, 7) is 8.19. The van der Waals surface area contributed by atoms with Gasteiger partial charge in [-0.05, 0) is 56.5 Å². The number of anilines is 2. The van der Waals surface area contributed by atoms with Gasteiger partial charge in [0.25, 0.3) is 5.91 Å². The van der Waals surface area contributed by atoms with Crippen molar-refractivity contribution in [2.75, 3.05) is 37.4 Å². The van der Waals surface area contributed by atoms with Crippen LogP contribution in [0.3, 0.4) is 0 Å². The third-order valence-corrected chi connectivity index (χ3v) is 6.56. The Bertz CT molecular complexity index is 1160. The normalized spacial score (nSPS) is 18.0. The number of likely N-dealkylation sites (tertiary alicyclic amines) is 1. The van der Waals surface area contributed by atoms with Crippen molar-refractivity contribution in [2.24, 2.45) is 0 Å². The van der Waals surface area contributed by atoms with Crippen LogP contribution >= 0.6 is 0 Å². The highest BCUT2D eigenvalue weighted by Gasteiger charge is 2.36. The van der Waals surface area contributed by atoms with Crippen molar-refractivity contribution >= 4 is 17.4 Å². The van der Waals surface area contributed by atoms with Gasteiger partial charge in [0.15, 0.2) is 0 Å². The summed E-state index contributed by atoms with van der Waals surface area (Å²) in [4.78, 5) is 31.2. The number of benzene rings is 1. The van der Waals surface area contributed by atoms with E-state index in [-0.39, 0.29) is 11.3 Å². The van der Waals surface area contributed by atoms with E-state index in [1.807, 2.05) is 74.1 Å². The van der Waals surface area contributed by atoms with Crippen LogP contribution in [0.1, 0.15) is 52.9 Å². The number of carbonyl (C=O) groups excluding carboxylic acids is 1. The molecule has 3 aromatic rings. The zero-order valence-corrected chi connectivity index (χ0v) is 20.8. The van der Waals surface area contributed by atoms with Gasteiger partial charge in [0, 0.05) is 56.1 Å². The van der Waals surface area contributed by atoms with E-state index in [2.05, 4.69) is 28.3 Å². The monoisotopic (exact) mass is 458 g/mol. The smallest absolute Gasteiger partial charge is 0.253 e. The second kappa shape index (κ2) is 9.79. The maximum absolute atomic E-state index is 13.5. The summed E-state index contributed by atoms with van der Waals surface area (Å²) in [6, 6.07) is 13.8. The highest BCUT2D eigenvalue weighted by molar-refractivity contribution is 5.95. The number of piperidine rings is 1. The van der Waals surface area contributed by atoms with E-state index in [0.29, 0.717) is 18.7 Å². The predicted octanol–water partition coefficient (Wildman–Crippen LogP) is 4.36. The Labute approximate surface area is 202 Å². The highest BCUT2D eigenvalue weighted by Crippen LogP contribution is 2.34. The van der Waals surface area contributed by atoms with Crippen molar-refractivity contribution in [2.45, 2.75) is 45.6 Å². The lowest BCUT2D eigenvalue weighted by Gasteiger charge is -2.40. The number of hydrogen-bond acceptors (Lipinski definition) is 6. The van der Waals surface area contributed by atoms with E-state index < -0.39 is 0 Å². The first-order chi connectivity index (χ1) is 16.2. The zero-order valence-electron chi connectivity index (χ0n) is 20.8. The fraction of sp³-hybridized carbons (Fsp3) is 0.407. The van der Waals surface area contributed by atoms with Crippen LogP contribution in [-0.4, -0.2) is 52.9 Å². The number of carbonyl (C=O) groups is 1. The first-order valence-electron chi connectivity index (χ1n) is 11.8. The Morgan fingerprint density at radius 1 is 1.15 bits per heavy atom. The SMILES string of the molecule is Cc1nc(N(C)C)cc([C@@]2(C)CCCN(C(=O)c3ccc(C)c(NCc4ccccn4)c3)C2)n1. The number of nitrogens with zero attached hydrogens (tertiary/aromatic N) is 5. The van der Waals surface area contributed by atoms with Gasteiger partial charge in [-0.3, -0.25) is 9.78 Å². The molecule has 3 heterocycles. The quantitative estimate of drug-likeness (QED) is 0.592. The van der Waals surface area contributed by atoms with E-state index in [1.54, 1.807) is 6.20 Å². The molecule has 0 unspecified atom stereocenters. The van der Waals surface area contributed by atoms with Gasteiger partial charge in [0.1, 0.15) is 11.6 Å². The molecule has 1 fully saturated rings. The van der Waals surface area contributed by atoms with Gasteiger partial charge in [-0.2, -0.15) is 0 Å². The van der Waals surface area contributed by atoms with Crippen molar-refractivity contribution in [3.05, 3.63) is 77.0 Å². The Kier molecular flexibility index (Phi) is 6.82. The van der Waals surface area contributed by atoms with Crippen LogP contribution in [0.25, 0.3) is 0 Å². The summed E-state index contributed by atoms with van der Waals surface area (Å²) < 4.78 is 0. The van der Waals surface area contributed by atoms with Gasteiger partial charge < -0.3 is 15.1 Å². The number of rotatable bonds is 6. The molecule has 4 rings (SSSR count). The Morgan fingerprint density at radius 3 is 2.71 bits per heavy atom. The number of nitrogens with one attached hydrogen (secondary N) is 1. The average Bonchev–Trinajstić information content (AvgIpc) is 2.83. The third-order valence-electron chi connectivity index (χ3n) is 6.56. The van der Waals surface area contributed by atoms with E-state index in [9.17, 15) is 4.79 Å². The van der Waals surface area contributed by atoms with Gasteiger partial charge in [-0.25, -0.2) is 9.97 Å². The number of pyridine rings is 1. The van der Waals surface area contributed by atoms with Gasteiger partial charge in [-0.15, -0.1) is 0 Å². The second-order valence-electron chi connectivity index (χ2n) is 9.65. The molecule has 1 N–H and O–H groups in total. The molecule has 0 bridgehead atoms. The van der Waals surface area contributed by atoms with Crippen LogP contribution in [-0.2, 0) is 12.0 Å². The van der Waals surface area contributed by atoms with Crippen LogP contribution < -0.4 is 10.2 Å². The van der Waals surface area contributed by atoms with Crippen LogP contribution in [0.5, 0.6) is 0 Å². The van der Waals surface area contributed by atoms with Gasteiger partial charge >= 0.3 is 0 Å². The van der Waals surface area contributed by atoms with E-state index in [0.717, 1.165) is 53.7 Å². The summed E-state index contributed by atoms with van der Waals surface area (Å²) in [6.07, 6.45) is 3.72. The average molecular weight is 459 g/mol. The molecule has 0 radical (unpaired) electrons. The van der Waals surface area contributed by atoms with Gasteiger partial charge in [0.2, 0.25) is 0 Å². The van der Waals surface area contributed by atoms with Crippen molar-refractivity contribution in [1.82, 2.24) is 19.9 Å². The fourth-order valence-corrected chi connectivity index (χ4v) is 4.53. The maximum Gasteiger partial charge on any atom is 0.253 e. The molecule has 1 aliphatic rings. The molecule has 0 aliphatic carbocycles. The number of hydrogen-bond donors (Lipinski definition) is 1. The molecule has 1 atom stereocenters. The first kappa shape index (κ1) is 23.7. The molecule has 34 heavy (non-hydrogen) atoms. The molecule has 0 saturated carbocycles. The van der Waals surface area contributed by atoms with E-state index in [4.69, 9.17) is 4.98 Å². The van der Waals surface area contributed by atoms with Gasteiger partial charge in [0.05, 0.1) is 17.9 Å². The second-order valence-corrected chi connectivity index (χ2v) is 9.65. The summed E-state index contributed by atoms with van der Waals surface area (Å²) in [7, 11) is 3.98. The highest BCUT2D eigenvalue weighted by atomic mass is 16.2. The first-order valence-corrected chi connectivity index (χ1v) is 11.8. The molecule has 7 heteroatoms. The van der Waals surface area contributed by atoms with Crippen molar-refractivity contribution in [3.8, 4) is 0 Å². The van der Waals surface area contributed by atoms with Crippen molar-refractivity contribution in [1.29, 1.82) is 0 Å². The predicted molar refractivity (Wildman–Crippen MR) is 136 cm³/mol. The summed E-state index contributed by atoms with van der Waals surface area (Å²) in [5.41, 5.74) is 4.51. The third kappa shape index (κ3) is 5.19. The topological polar surface area (TPSA) is 74.2 Å². The van der Waals surface area contributed by atoms with Crippen LogP contribution in [0.4, 0.5) is 11.5 Å². The minimum atomic E-state index is -0.211. The molecule has 7 nitrogen and oxygen atoms in total. The standard InChI is InChI=1S/C27H34N6O/c1-19-10-11-21(15-23(19)29-17-22-9-6-7-13-28-22)26(34)33-14-8-12-27(3,18-33)24-16-25(32(4)5)31-20(2)30-24/h6-7,9-11,13,15-16,29H,8,12,14,17-18H2,1-5H3/t27-/m0/s1. The largest absolute Gasteiger partial charge is 0.379 e. The molecule has 0 spiro atoms. The number of aryl methyl sites for hydroxylation is 2. The summed E-state index contributed by atoms with van der Waals surface area (Å²) >= 11 is 0. The molecule has 1 aromatic carbocycles. The lowest BCUT2D eigenvalue weighted by atomic mass is 9.78. The molecule has 178 valence electrons.